The highest BCUT2D eigenvalue weighted by molar-refractivity contribution is 6.29. The second kappa shape index (κ2) is 6.00. The Morgan fingerprint density at radius 1 is 0.724 bits per heavy atom. The summed E-state index contributed by atoms with van der Waals surface area (Å²) in [5.41, 5.74) is 4.62. The van der Waals surface area contributed by atoms with Crippen molar-refractivity contribution in [3.05, 3.63) is 65.8 Å². The largest absolute Gasteiger partial charge is 0.495 e. The van der Waals surface area contributed by atoms with E-state index < -0.39 is 11.8 Å². The molecular formula is C22H14N2O5. The van der Waals surface area contributed by atoms with E-state index in [0.717, 1.165) is 32.1 Å². The van der Waals surface area contributed by atoms with Gasteiger partial charge in [0.2, 0.25) is 0 Å². The van der Waals surface area contributed by atoms with Crippen molar-refractivity contribution in [2.45, 2.75) is 6.42 Å². The number of nitrogens with zero attached hydrogens (tertiary/aromatic N) is 2. The first-order valence-corrected chi connectivity index (χ1v) is 8.94. The highest BCUT2D eigenvalue weighted by Crippen LogP contribution is 2.44. The van der Waals surface area contributed by atoms with Crippen LogP contribution in [0.4, 0.5) is 11.4 Å². The van der Waals surface area contributed by atoms with Crippen LogP contribution >= 0.6 is 0 Å². The highest BCUT2D eigenvalue weighted by atomic mass is 16.5. The first kappa shape index (κ1) is 17.1. The van der Waals surface area contributed by atoms with E-state index in [-0.39, 0.29) is 11.8 Å². The van der Waals surface area contributed by atoms with Crippen LogP contribution in [-0.4, -0.2) is 30.7 Å². The quantitative estimate of drug-likeness (QED) is 0.644. The topological polar surface area (TPSA) is 84.0 Å². The molecule has 0 bridgehead atoms. The molecule has 4 amide bonds. The number of carbonyl (C=O) groups is 4. The van der Waals surface area contributed by atoms with E-state index in [4.69, 9.17) is 4.74 Å². The van der Waals surface area contributed by atoms with E-state index in [0.29, 0.717) is 23.5 Å². The van der Waals surface area contributed by atoms with Crippen LogP contribution in [0.15, 0.2) is 54.6 Å². The van der Waals surface area contributed by atoms with Crippen LogP contribution in [0.1, 0.15) is 11.1 Å². The lowest BCUT2D eigenvalue weighted by atomic mass is 10.0. The maximum absolute atomic E-state index is 12.1. The van der Waals surface area contributed by atoms with Crippen molar-refractivity contribution in [3.63, 3.8) is 0 Å². The Balaban J connectivity index is 1.59. The minimum atomic E-state index is -0.416. The van der Waals surface area contributed by atoms with E-state index in [9.17, 15) is 19.2 Å². The second-order valence-electron chi connectivity index (χ2n) is 6.89. The van der Waals surface area contributed by atoms with Gasteiger partial charge in [0.05, 0.1) is 18.5 Å². The Hall–Kier alpha value is -4.00. The third kappa shape index (κ3) is 2.44. The van der Waals surface area contributed by atoms with E-state index in [2.05, 4.69) is 0 Å². The highest BCUT2D eigenvalue weighted by Gasteiger charge is 2.31. The fourth-order valence-electron chi connectivity index (χ4n) is 3.97. The van der Waals surface area contributed by atoms with Gasteiger partial charge >= 0.3 is 0 Å². The molecule has 5 rings (SSSR count). The molecule has 0 unspecified atom stereocenters. The number of benzene rings is 2. The standard InChI is InChI=1S/C22H14N2O5/c1-29-18-10-13-8-12-9-14(23-19(25)4-5-20(23)26)2-3-15(12)16(13)11-17(18)24-21(27)6-7-22(24)28/h2-7,9-11H,8H2,1H3. The van der Waals surface area contributed by atoms with Crippen molar-refractivity contribution in [2.75, 3.05) is 16.9 Å². The Labute approximate surface area is 165 Å². The molecule has 0 fully saturated rings. The number of carbonyl (C=O) groups excluding carboxylic acids is 4. The van der Waals surface area contributed by atoms with Gasteiger partial charge in [-0.2, -0.15) is 0 Å². The maximum atomic E-state index is 12.1. The summed E-state index contributed by atoms with van der Waals surface area (Å²) in [5, 5.41) is 0. The third-order valence-corrected chi connectivity index (χ3v) is 5.28. The van der Waals surface area contributed by atoms with Crippen molar-refractivity contribution in [1.29, 1.82) is 0 Å². The zero-order valence-corrected chi connectivity index (χ0v) is 15.3. The number of hydrogen-bond donors (Lipinski definition) is 0. The molecule has 7 nitrogen and oxygen atoms in total. The number of ether oxygens (including phenoxy) is 1. The van der Waals surface area contributed by atoms with Gasteiger partial charge < -0.3 is 4.74 Å². The van der Waals surface area contributed by atoms with Gasteiger partial charge in [0, 0.05) is 24.3 Å². The van der Waals surface area contributed by atoms with Gasteiger partial charge in [0.15, 0.2) is 0 Å². The summed E-state index contributed by atoms with van der Waals surface area (Å²) in [6, 6.07) is 8.97. The zero-order chi connectivity index (χ0) is 20.3. The van der Waals surface area contributed by atoms with Crippen LogP contribution in [0, 0.1) is 0 Å². The third-order valence-electron chi connectivity index (χ3n) is 5.28. The van der Waals surface area contributed by atoms with Gasteiger partial charge in [-0.1, -0.05) is 6.07 Å². The molecule has 0 radical (unpaired) electrons. The molecule has 0 saturated heterocycles. The number of anilines is 2. The molecule has 0 spiro atoms. The Kier molecular flexibility index (Phi) is 3.54. The monoisotopic (exact) mass is 386 g/mol. The normalized spacial score (nSPS) is 16.9. The van der Waals surface area contributed by atoms with Crippen LogP contribution in [0.2, 0.25) is 0 Å². The van der Waals surface area contributed by atoms with Crippen molar-refractivity contribution in [3.8, 4) is 16.9 Å². The SMILES string of the molecule is COc1cc2c(cc1N1C(=O)C=CC1=O)-c1ccc(N3C(=O)C=CC3=O)cc1C2. The number of amides is 4. The smallest absolute Gasteiger partial charge is 0.258 e. The van der Waals surface area contributed by atoms with Crippen LogP contribution in [0.3, 0.4) is 0 Å². The molecule has 2 aromatic carbocycles. The number of fused-ring (bicyclic) bond motifs is 3. The fourth-order valence-corrected chi connectivity index (χ4v) is 3.97. The summed E-state index contributed by atoms with van der Waals surface area (Å²) in [6.07, 6.45) is 5.54. The van der Waals surface area contributed by atoms with E-state index in [1.54, 1.807) is 12.1 Å². The zero-order valence-electron chi connectivity index (χ0n) is 15.3. The van der Waals surface area contributed by atoms with Crippen molar-refractivity contribution in [1.82, 2.24) is 0 Å². The second-order valence-corrected chi connectivity index (χ2v) is 6.89. The molecule has 2 aliphatic heterocycles. The fraction of sp³-hybridized carbons (Fsp3) is 0.0909. The molecule has 7 heteroatoms. The summed E-state index contributed by atoms with van der Waals surface area (Å²) in [5.74, 6) is -1.14. The molecule has 2 aromatic rings. The minimum absolute atomic E-state index is 0.368. The predicted molar refractivity (Wildman–Crippen MR) is 105 cm³/mol. The summed E-state index contributed by atoms with van der Waals surface area (Å²) >= 11 is 0. The van der Waals surface area contributed by atoms with Crippen LogP contribution in [-0.2, 0) is 25.6 Å². The first-order chi connectivity index (χ1) is 14.0. The van der Waals surface area contributed by atoms with Crippen molar-refractivity contribution >= 4 is 35.0 Å². The molecular weight excluding hydrogens is 372 g/mol. The molecule has 0 saturated carbocycles. The van der Waals surface area contributed by atoms with Gasteiger partial charge in [-0.15, -0.1) is 0 Å². The molecule has 0 N–H and O–H groups in total. The molecule has 142 valence electrons. The van der Waals surface area contributed by atoms with Crippen LogP contribution in [0.5, 0.6) is 5.75 Å². The maximum Gasteiger partial charge on any atom is 0.258 e. The average Bonchev–Trinajstić information content (AvgIpc) is 3.34. The minimum Gasteiger partial charge on any atom is -0.495 e. The van der Waals surface area contributed by atoms with Crippen molar-refractivity contribution in [2.24, 2.45) is 0 Å². The van der Waals surface area contributed by atoms with Gasteiger partial charge in [-0.3, -0.25) is 19.2 Å². The molecule has 29 heavy (non-hydrogen) atoms. The molecule has 0 aromatic heterocycles. The predicted octanol–water partition coefficient (Wildman–Crippen LogP) is 2.13. The van der Waals surface area contributed by atoms with Crippen LogP contribution in [0.25, 0.3) is 11.1 Å². The van der Waals surface area contributed by atoms with Gasteiger partial charge in [-0.25, -0.2) is 9.80 Å². The Morgan fingerprint density at radius 3 is 1.93 bits per heavy atom. The number of imide groups is 2. The van der Waals surface area contributed by atoms with Gasteiger partial charge in [0.1, 0.15) is 5.75 Å². The van der Waals surface area contributed by atoms with Crippen LogP contribution < -0.4 is 14.5 Å². The van der Waals surface area contributed by atoms with Crippen molar-refractivity contribution < 1.29 is 23.9 Å². The summed E-state index contributed by atoms with van der Waals surface area (Å²) < 4.78 is 5.43. The summed E-state index contributed by atoms with van der Waals surface area (Å²) in [4.78, 5) is 50.4. The Morgan fingerprint density at radius 2 is 1.31 bits per heavy atom. The first-order valence-electron chi connectivity index (χ1n) is 8.94. The van der Waals surface area contributed by atoms with E-state index in [1.165, 1.54) is 31.4 Å². The molecule has 1 aliphatic carbocycles. The van der Waals surface area contributed by atoms with Gasteiger partial charge in [-0.05, 0) is 52.9 Å². The number of methoxy groups -OCH3 is 1. The number of hydrogen-bond acceptors (Lipinski definition) is 5. The summed E-state index contributed by atoms with van der Waals surface area (Å²) in [6.45, 7) is 0. The number of rotatable bonds is 3. The molecule has 2 heterocycles. The van der Waals surface area contributed by atoms with E-state index in [1.807, 2.05) is 18.2 Å². The van der Waals surface area contributed by atoms with E-state index >= 15 is 0 Å². The molecule has 3 aliphatic rings. The Bertz CT molecular complexity index is 1170. The lowest BCUT2D eigenvalue weighted by Gasteiger charge is -2.19. The lowest BCUT2D eigenvalue weighted by Crippen LogP contribution is -2.30. The van der Waals surface area contributed by atoms with Gasteiger partial charge in [0.25, 0.3) is 23.6 Å². The lowest BCUT2D eigenvalue weighted by molar-refractivity contribution is -0.121. The average molecular weight is 386 g/mol. The summed E-state index contributed by atoms with van der Waals surface area (Å²) in [7, 11) is 1.49. The molecule has 0 atom stereocenters.